The largest absolute Gasteiger partial charge is 0.466 e. The highest BCUT2D eigenvalue weighted by atomic mass is 16.5. The molecule has 0 rings (SSSR count). The molecule has 0 spiro atoms. The quantitative estimate of drug-likeness (QED) is 0.0321. The minimum atomic E-state index is -0.674. The molecule has 0 saturated heterocycles. The fraction of sp³-hybridized carbons (Fsp3) is 0.935. The zero-order valence-electron chi connectivity index (χ0n) is 46.1. The third-order valence-electron chi connectivity index (χ3n) is 14.6. The van der Waals surface area contributed by atoms with Crippen LogP contribution in [0.5, 0.6) is 0 Å². The standard InChI is InChI=1S/C62H121NO5/c1-3-5-7-9-11-13-15-17-19-21-23-26-30-34-38-42-46-50-54-60(65)59(58-64)63-61(66)55-51-47-43-39-35-31-27-25-29-33-37-41-45-49-53-57-68-62(67)56-52-48-44-40-36-32-28-24-22-20-18-16-14-12-10-8-6-4-2/h29,33,59-60,64-65H,3-28,30-32,34-58H2,1-2H3,(H,63,66)/b33-29-. The molecule has 6 nitrogen and oxygen atoms in total. The Morgan fingerprint density at radius 3 is 1.04 bits per heavy atom. The Balaban J connectivity index is 3.44. The van der Waals surface area contributed by atoms with E-state index in [4.69, 9.17) is 4.74 Å². The normalized spacial score (nSPS) is 12.6. The highest BCUT2D eigenvalue weighted by Gasteiger charge is 2.20. The second kappa shape index (κ2) is 58.2. The average Bonchev–Trinajstić information content (AvgIpc) is 3.34. The van der Waals surface area contributed by atoms with Crippen molar-refractivity contribution in [2.45, 2.75) is 360 Å². The molecule has 0 aromatic rings. The number of amides is 1. The number of carbonyl (C=O) groups excluding carboxylic acids is 2. The van der Waals surface area contributed by atoms with Crippen LogP contribution in [-0.4, -0.2) is 47.4 Å². The number of unbranched alkanes of at least 4 members (excludes halogenated alkanes) is 45. The van der Waals surface area contributed by atoms with E-state index in [1.807, 2.05) is 0 Å². The first-order valence-electron chi connectivity index (χ1n) is 30.9. The Labute approximate surface area is 425 Å². The van der Waals surface area contributed by atoms with Gasteiger partial charge in [0, 0.05) is 12.8 Å². The van der Waals surface area contributed by atoms with Crippen LogP contribution in [0.2, 0.25) is 0 Å². The maximum atomic E-state index is 12.5. The number of allylic oxidation sites excluding steroid dienone is 2. The number of rotatable bonds is 58. The molecule has 404 valence electrons. The SMILES string of the molecule is CCCCCCCCCCCCCCCCCCCCC(=O)OCCCCCC/C=C\CCCCCCCCCC(=O)NC(CO)C(O)CCCCCCCCCCCCCCCCCCCC. The van der Waals surface area contributed by atoms with Crippen molar-refractivity contribution in [2.75, 3.05) is 13.2 Å². The number of esters is 1. The predicted molar refractivity (Wildman–Crippen MR) is 297 cm³/mol. The van der Waals surface area contributed by atoms with E-state index >= 15 is 0 Å². The molecule has 2 unspecified atom stereocenters. The molecule has 3 N–H and O–H groups in total. The van der Waals surface area contributed by atoms with Crippen LogP contribution in [0.15, 0.2) is 12.2 Å². The summed E-state index contributed by atoms with van der Waals surface area (Å²) in [5.74, 6) is -0.0515. The second-order valence-electron chi connectivity index (χ2n) is 21.4. The third-order valence-corrected chi connectivity index (χ3v) is 14.6. The zero-order chi connectivity index (χ0) is 49.3. The van der Waals surface area contributed by atoms with Crippen molar-refractivity contribution in [2.24, 2.45) is 0 Å². The Morgan fingerprint density at radius 1 is 0.397 bits per heavy atom. The summed E-state index contributed by atoms with van der Waals surface area (Å²) in [6.45, 7) is 4.95. The topological polar surface area (TPSA) is 95.9 Å². The first-order valence-corrected chi connectivity index (χ1v) is 30.9. The van der Waals surface area contributed by atoms with Crippen molar-refractivity contribution < 1.29 is 24.5 Å². The van der Waals surface area contributed by atoms with E-state index in [0.717, 1.165) is 70.6 Å². The van der Waals surface area contributed by atoms with Gasteiger partial charge in [-0.3, -0.25) is 9.59 Å². The average molecular weight is 961 g/mol. The van der Waals surface area contributed by atoms with E-state index < -0.39 is 12.1 Å². The lowest BCUT2D eigenvalue weighted by molar-refractivity contribution is -0.143. The lowest BCUT2D eigenvalue weighted by Gasteiger charge is -2.22. The van der Waals surface area contributed by atoms with Gasteiger partial charge in [-0.2, -0.15) is 0 Å². The molecule has 0 fully saturated rings. The fourth-order valence-electron chi connectivity index (χ4n) is 9.81. The van der Waals surface area contributed by atoms with Crippen LogP contribution >= 0.6 is 0 Å². The lowest BCUT2D eigenvalue weighted by Crippen LogP contribution is -2.45. The summed E-state index contributed by atoms with van der Waals surface area (Å²) in [6.07, 6.45) is 69.3. The summed E-state index contributed by atoms with van der Waals surface area (Å²) in [6, 6.07) is -0.552. The highest BCUT2D eigenvalue weighted by molar-refractivity contribution is 5.76. The number of nitrogens with one attached hydrogen (secondary N) is 1. The number of aliphatic hydroxyl groups is 2. The first-order chi connectivity index (χ1) is 33.5. The molecule has 0 aliphatic heterocycles. The van der Waals surface area contributed by atoms with Gasteiger partial charge in [0.05, 0.1) is 25.4 Å². The van der Waals surface area contributed by atoms with Crippen LogP contribution in [0.25, 0.3) is 0 Å². The number of hydrogen-bond donors (Lipinski definition) is 3. The molecule has 6 heteroatoms. The van der Waals surface area contributed by atoms with E-state index in [9.17, 15) is 19.8 Å². The van der Waals surface area contributed by atoms with Crippen LogP contribution in [0, 0.1) is 0 Å². The lowest BCUT2D eigenvalue weighted by atomic mass is 10.0. The van der Waals surface area contributed by atoms with Crippen molar-refractivity contribution >= 4 is 11.9 Å². The van der Waals surface area contributed by atoms with E-state index in [0.29, 0.717) is 25.9 Å². The molecule has 0 aromatic heterocycles. The molecule has 0 radical (unpaired) electrons. The number of ether oxygens (including phenoxy) is 1. The summed E-state index contributed by atoms with van der Waals surface area (Å²) >= 11 is 0. The summed E-state index contributed by atoms with van der Waals surface area (Å²) in [5, 5.41) is 23.3. The van der Waals surface area contributed by atoms with Gasteiger partial charge in [-0.05, 0) is 51.4 Å². The Morgan fingerprint density at radius 2 is 0.691 bits per heavy atom. The van der Waals surface area contributed by atoms with Crippen LogP contribution in [0.1, 0.15) is 348 Å². The molecule has 0 aliphatic rings. The van der Waals surface area contributed by atoms with Crippen LogP contribution in [0.3, 0.4) is 0 Å². The monoisotopic (exact) mass is 960 g/mol. The number of hydrogen-bond acceptors (Lipinski definition) is 5. The van der Waals surface area contributed by atoms with E-state index in [-0.39, 0.29) is 18.5 Å². The Hall–Kier alpha value is -1.40. The van der Waals surface area contributed by atoms with Crippen molar-refractivity contribution in [3.05, 3.63) is 12.2 Å². The molecular formula is C62H121NO5. The fourth-order valence-corrected chi connectivity index (χ4v) is 9.81. The van der Waals surface area contributed by atoms with E-state index in [1.54, 1.807) is 0 Å². The molecule has 1 amide bonds. The molecular weight excluding hydrogens is 839 g/mol. The molecule has 0 aromatic carbocycles. The molecule has 0 aliphatic carbocycles. The van der Waals surface area contributed by atoms with Crippen molar-refractivity contribution in [3.63, 3.8) is 0 Å². The third kappa shape index (κ3) is 53.9. The number of aliphatic hydroxyl groups excluding tert-OH is 2. The Bertz CT molecular complexity index is 1020. The van der Waals surface area contributed by atoms with Gasteiger partial charge in [0.15, 0.2) is 0 Å². The summed E-state index contributed by atoms with van der Waals surface area (Å²) in [7, 11) is 0. The molecule has 68 heavy (non-hydrogen) atoms. The van der Waals surface area contributed by atoms with Gasteiger partial charge in [-0.1, -0.05) is 296 Å². The van der Waals surface area contributed by atoms with Crippen LogP contribution in [0.4, 0.5) is 0 Å². The summed E-state index contributed by atoms with van der Waals surface area (Å²) in [5.41, 5.74) is 0. The van der Waals surface area contributed by atoms with Crippen molar-refractivity contribution in [1.82, 2.24) is 5.32 Å². The van der Waals surface area contributed by atoms with Gasteiger partial charge in [-0.25, -0.2) is 0 Å². The van der Waals surface area contributed by atoms with Crippen molar-refractivity contribution in [3.8, 4) is 0 Å². The van der Waals surface area contributed by atoms with E-state index in [2.05, 4.69) is 31.3 Å². The van der Waals surface area contributed by atoms with Gasteiger partial charge in [0.25, 0.3) is 0 Å². The summed E-state index contributed by atoms with van der Waals surface area (Å²) < 4.78 is 5.48. The smallest absolute Gasteiger partial charge is 0.305 e. The summed E-state index contributed by atoms with van der Waals surface area (Å²) in [4.78, 5) is 24.6. The first kappa shape index (κ1) is 66.6. The van der Waals surface area contributed by atoms with Crippen molar-refractivity contribution in [1.29, 1.82) is 0 Å². The van der Waals surface area contributed by atoms with Gasteiger partial charge >= 0.3 is 5.97 Å². The molecule has 0 heterocycles. The number of carbonyl (C=O) groups is 2. The molecule has 2 atom stereocenters. The minimum Gasteiger partial charge on any atom is -0.466 e. The minimum absolute atomic E-state index is 0.00470. The second-order valence-corrected chi connectivity index (χ2v) is 21.4. The van der Waals surface area contributed by atoms with Crippen LogP contribution < -0.4 is 5.32 Å². The Kier molecular flexibility index (Phi) is 57.0. The molecule has 0 bridgehead atoms. The highest BCUT2D eigenvalue weighted by Crippen LogP contribution is 2.18. The predicted octanol–water partition coefficient (Wildman–Crippen LogP) is 19.2. The van der Waals surface area contributed by atoms with E-state index in [1.165, 1.54) is 244 Å². The molecule has 0 saturated carbocycles. The maximum absolute atomic E-state index is 12.5. The van der Waals surface area contributed by atoms with Gasteiger partial charge in [0.2, 0.25) is 5.91 Å². The van der Waals surface area contributed by atoms with Gasteiger partial charge in [-0.15, -0.1) is 0 Å². The maximum Gasteiger partial charge on any atom is 0.305 e. The zero-order valence-corrected chi connectivity index (χ0v) is 46.1. The van der Waals surface area contributed by atoms with Gasteiger partial charge < -0.3 is 20.3 Å². The van der Waals surface area contributed by atoms with Gasteiger partial charge in [0.1, 0.15) is 0 Å². The van der Waals surface area contributed by atoms with Crippen LogP contribution in [-0.2, 0) is 14.3 Å².